The van der Waals surface area contributed by atoms with Gasteiger partial charge in [0.25, 0.3) is 0 Å². The SMILES string of the molecule is COc1ccc(C)cc1S(=O)(=O)N(CC(=O)Nc1c(C)cccc1C(C)C)Cc1ccccc1. The maximum absolute atomic E-state index is 13.8. The predicted octanol–water partition coefficient (Wildman–Crippen LogP) is 5.27. The minimum Gasteiger partial charge on any atom is -0.495 e. The second-order valence-electron chi connectivity index (χ2n) is 8.66. The number of rotatable bonds is 9. The van der Waals surface area contributed by atoms with Crippen molar-refractivity contribution in [3.63, 3.8) is 0 Å². The van der Waals surface area contributed by atoms with E-state index in [2.05, 4.69) is 19.2 Å². The zero-order valence-corrected chi connectivity index (χ0v) is 21.1. The third-order valence-electron chi connectivity index (χ3n) is 5.65. The fourth-order valence-electron chi connectivity index (χ4n) is 3.82. The molecule has 0 aliphatic carbocycles. The Morgan fingerprint density at radius 1 is 1.00 bits per heavy atom. The molecule has 0 unspecified atom stereocenters. The van der Waals surface area contributed by atoms with E-state index in [0.717, 1.165) is 27.9 Å². The summed E-state index contributed by atoms with van der Waals surface area (Å²) in [4.78, 5) is 13.2. The van der Waals surface area contributed by atoms with E-state index in [9.17, 15) is 13.2 Å². The molecular formula is C27H32N2O4S. The van der Waals surface area contributed by atoms with Crippen LogP contribution in [0.25, 0.3) is 0 Å². The number of sulfonamides is 1. The Bertz CT molecular complexity index is 1250. The molecule has 0 saturated carbocycles. The molecule has 0 aromatic heterocycles. The summed E-state index contributed by atoms with van der Waals surface area (Å²) in [7, 11) is -2.61. The number of aryl methyl sites for hydroxylation is 2. The highest BCUT2D eigenvalue weighted by Gasteiger charge is 2.30. The lowest BCUT2D eigenvalue weighted by molar-refractivity contribution is -0.116. The molecule has 0 heterocycles. The largest absolute Gasteiger partial charge is 0.495 e. The maximum atomic E-state index is 13.8. The number of nitrogens with one attached hydrogen (secondary N) is 1. The van der Waals surface area contributed by atoms with Gasteiger partial charge in [0.05, 0.1) is 13.7 Å². The predicted molar refractivity (Wildman–Crippen MR) is 136 cm³/mol. The summed E-state index contributed by atoms with van der Waals surface area (Å²) < 4.78 is 34.1. The first-order valence-electron chi connectivity index (χ1n) is 11.2. The number of nitrogens with zero attached hydrogens (tertiary/aromatic N) is 1. The van der Waals surface area contributed by atoms with Crippen molar-refractivity contribution in [2.45, 2.75) is 45.1 Å². The van der Waals surface area contributed by atoms with Crippen molar-refractivity contribution in [3.8, 4) is 5.75 Å². The summed E-state index contributed by atoms with van der Waals surface area (Å²) in [6.07, 6.45) is 0. The van der Waals surface area contributed by atoms with Gasteiger partial charge in [0.15, 0.2) is 0 Å². The van der Waals surface area contributed by atoms with Crippen LogP contribution in [0, 0.1) is 13.8 Å². The Kier molecular flexibility index (Phi) is 8.12. The molecule has 3 aromatic rings. The van der Waals surface area contributed by atoms with Crippen molar-refractivity contribution in [1.82, 2.24) is 4.31 Å². The number of methoxy groups -OCH3 is 1. The van der Waals surface area contributed by atoms with Crippen molar-refractivity contribution < 1.29 is 17.9 Å². The minimum atomic E-state index is -4.04. The van der Waals surface area contributed by atoms with Crippen LogP contribution in [0.1, 0.15) is 42.0 Å². The molecule has 3 rings (SSSR count). The van der Waals surface area contributed by atoms with E-state index in [1.807, 2.05) is 62.4 Å². The van der Waals surface area contributed by atoms with Crippen LogP contribution in [0.4, 0.5) is 5.69 Å². The lowest BCUT2D eigenvalue weighted by Gasteiger charge is -2.24. The number of carbonyl (C=O) groups is 1. The lowest BCUT2D eigenvalue weighted by atomic mass is 9.98. The molecule has 6 nitrogen and oxygen atoms in total. The highest BCUT2D eigenvalue weighted by Crippen LogP contribution is 2.30. The first-order chi connectivity index (χ1) is 16.1. The van der Waals surface area contributed by atoms with Gasteiger partial charge >= 0.3 is 0 Å². The Balaban J connectivity index is 1.98. The van der Waals surface area contributed by atoms with Crippen LogP contribution in [-0.4, -0.2) is 32.3 Å². The summed E-state index contributed by atoms with van der Waals surface area (Å²) >= 11 is 0. The second-order valence-corrected chi connectivity index (χ2v) is 10.6. The number of amides is 1. The molecule has 0 radical (unpaired) electrons. The number of para-hydroxylation sites is 1. The van der Waals surface area contributed by atoms with Gasteiger partial charge in [-0.05, 0) is 54.2 Å². The molecule has 0 aliphatic rings. The van der Waals surface area contributed by atoms with Crippen molar-refractivity contribution in [3.05, 3.63) is 89.0 Å². The molecule has 180 valence electrons. The van der Waals surface area contributed by atoms with E-state index < -0.39 is 15.9 Å². The van der Waals surface area contributed by atoms with E-state index >= 15 is 0 Å². The van der Waals surface area contributed by atoms with Crippen LogP contribution in [0.5, 0.6) is 5.75 Å². The van der Waals surface area contributed by atoms with Gasteiger partial charge < -0.3 is 10.1 Å². The molecule has 34 heavy (non-hydrogen) atoms. The third-order valence-corrected chi connectivity index (χ3v) is 7.46. The Labute approximate surface area is 202 Å². The monoisotopic (exact) mass is 480 g/mol. The van der Waals surface area contributed by atoms with Crippen LogP contribution in [-0.2, 0) is 21.4 Å². The lowest BCUT2D eigenvalue weighted by Crippen LogP contribution is -2.38. The molecule has 0 atom stereocenters. The van der Waals surface area contributed by atoms with E-state index in [4.69, 9.17) is 4.74 Å². The molecule has 1 amide bonds. The van der Waals surface area contributed by atoms with E-state index in [1.165, 1.54) is 11.4 Å². The van der Waals surface area contributed by atoms with Crippen LogP contribution in [0.3, 0.4) is 0 Å². The summed E-state index contributed by atoms with van der Waals surface area (Å²) in [5.74, 6) is 0.0447. The Morgan fingerprint density at radius 3 is 2.35 bits per heavy atom. The van der Waals surface area contributed by atoms with Crippen LogP contribution in [0.2, 0.25) is 0 Å². The van der Waals surface area contributed by atoms with Gasteiger partial charge in [0.1, 0.15) is 10.6 Å². The van der Waals surface area contributed by atoms with Gasteiger partial charge in [-0.3, -0.25) is 4.79 Å². The smallest absolute Gasteiger partial charge is 0.247 e. The van der Waals surface area contributed by atoms with Crippen LogP contribution < -0.4 is 10.1 Å². The van der Waals surface area contributed by atoms with Gasteiger partial charge in [-0.1, -0.05) is 68.4 Å². The summed E-state index contributed by atoms with van der Waals surface area (Å²) in [5, 5.41) is 2.96. The Morgan fingerprint density at radius 2 is 1.71 bits per heavy atom. The third kappa shape index (κ3) is 5.85. The molecule has 7 heteroatoms. The number of hydrogen-bond donors (Lipinski definition) is 1. The normalized spacial score (nSPS) is 11.6. The van der Waals surface area contributed by atoms with Gasteiger partial charge in [-0.25, -0.2) is 8.42 Å². The average molecular weight is 481 g/mol. The number of carbonyl (C=O) groups excluding carboxylic acids is 1. The first kappa shape index (κ1) is 25.5. The number of hydrogen-bond acceptors (Lipinski definition) is 4. The number of anilines is 1. The molecule has 0 spiro atoms. The number of benzene rings is 3. The van der Waals surface area contributed by atoms with E-state index in [1.54, 1.807) is 18.2 Å². The fourth-order valence-corrected chi connectivity index (χ4v) is 5.44. The van der Waals surface area contributed by atoms with Crippen molar-refractivity contribution >= 4 is 21.6 Å². The van der Waals surface area contributed by atoms with Gasteiger partial charge in [-0.15, -0.1) is 0 Å². The van der Waals surface area contributed by atoms with Gasteiger partial charge in [-0.2, -0.15) is 4.31 Å². The standard InChI is InChI=1S/C27H32N2O4S/c1-19(2)23-13-9-10-21(4)27(23)28-26(30)18-29(17-22-11-7-6-8-12-22)34(31,32)25-16-20(3)14-15-24(25)33-5/h6-16,19H,17-18H2,1-5H3,(H,28,30). The van der Waals surface area contributed by atoms with Crippen molar-refractivity contribution in [1.29, 1.82) is 0 Å². The highest BCUT2D eigenvalue weighted by molar-refractivity contribution is 7.89. The molecule has 0 fully saturated rings. The first-order valence-corrected chi connectivity index (χ1v) is 12.7. The number of ether oxygens (including phenoxy) is 1. The Hall–Kier alpha value is -3.16. The average Bonchev–Trinajstić information content (AvgIpc) is 2.80. The molecule has 0 bridgehead atoms. The maximum Gasteiger partial charge on any atom is 0.247 e. The molecule has 0 saturated heterocycles. The minimum absolute atomic E-state index is 0.0393. The van der Waals surface area contributed by atoms with Crippen molar-refractivity contribution in [2.24, 2.45) is 0 Å². The second kappa shape index (κ2) is 10.8. The fraction of sp³-hybridized carbons (Fsp3) is 0.296. The van der Waals surface area contributed by atoms with Gasteiger partial charge in [0.2, 0.25) is 15.9 Å². The molecule has 0 aliphatic heterocycles. The molecule has 1 N–H and O–H groups in total. The van der Waals surface area contributed by atoms with E-state index in [-0.39, 0.29) is 29.7 Å². The topological polar surface area (TPSA) is 75.7 Å². The molecule has 3 aromatic carbocycles. The van der Waals surface area contributed by atoms with Crippen LogP contribution in [0.15, 0.2) is 71.6 Å². The zero-order chi connectivity index (χ0) is 24.9. The van der Waals surface area contributed by atoms with Crippen LogP contribution >= 0.6 is 0 Å². The van der Waals surface area contributed by atoms with E-state index in [0.29, 0.717) is 0 Å². The van der Waals surface area contributed by atoms with Crippen molar-refractivity contribution in [2.75, 3.05) is 19.0 Å². The summed E-state index contributed by atoms with van der Waals surface area (Å²) in [5.41, 5.74) is 4.23. The summed E-state index contributed by atoms with van der Waals surface area (Å²) in [6.45, 7) is 7.58. The van der Waals surface area contributed by atoms with Gasteiger partial charge in [0, 0.05) is 12.2 Å². The quantitative estimate of drug-likeness (QED) is 0.453. The molecular weight excluding hydrogens is 448 g/mol. The summed E-state index contributed by atoms with van der Waals surface area (Å²) in [6, 6.07) is 20.1. The zero-order valence-electron chi connectivity index (χ0n) is 20.3. The highest BCUT2D eigenvalue weighted by atomic mass is 32.2.